The molecule has 3 nitrogen and oxygen atoms in total. The normalized spacial score (nSPS) is 10.2. The molecule has 0 heterocycles. The molecule has 1 aromatic carbocycles. The maximum Gasteiger partial charge on any atom is 0.206 e. The molecule has 0 N–H and O–H groups in total. The van der Waals surface area contributed by atoms with Crippen molar-refractivity contribution in [3.8, 4) is 0 Å². The van der Waals surface area contributed by atoms with Crippen molar-refractivity contribution < 1.29 is 13.9 Å². The summed E-state index contributed by atoms with van der Waals surface area (Å²) in [7, 11) is 0. The van der Waals surface area contributed by atoms with E-state index >= 15 is 0 Å². The molecule has 0 unspecified atom stereocenters. The first kappa shape index (κ1) is 12.8. The van der Waals surface area contributed by atoms with E-state index in [0.717, 1.165) is 0 Å². The van der Waals surface area contributed by atoms with Crippen molar-refractivity contribution in [3.05, 3.63) is 60.3 Å². The number of ether oxygens (including phenoxy) is 1. The second-order valence-electron chi connectivity index (χ2n) is 3.17. The van der Waals surface area contributed by atoms with Crippen LogP contribution in [-0.4, -0.2) is 12.5 Å². The van der Waals surface area contributed by atoms with Crippen LogP contribution in [0.4, 0.5) is 4.39 Å². The van der Waals surface area contributed by atoms with E-state index in [1.807, 2.05) is 0 Å². The van der Waals surface area contributed by atoms with Gasteiger partial charge in [0.2, 0.25) is 5.88 Å². The van der Waals surface area contributed by atoms with E-state index in [-0.39, 0.29) is 18.1 Å². The summed E-state index contributed by atoms with van der Waals surface area (Å²) in [4.78, 5) is 14.2. The smallest absolute Gasteiger partial charge is 0.206 e. The van der Waals surface area contributed by atoms with Gasteiger partial charge in [-0.3, -0.25) is 4.79 Å². The third-order valence-electron chi connectivity index (χ3n) is 1.92. The average molecular weight is 233 g/mol. The highest BCUT2D eigenvalue weighted by Crippen LogP contribution is 2.11. The van der Waals surface area contributed by atoms with Gasteiger partial charge in [-0.05, 0) is 24.3 Å². The van der Waals surface area contributed by atoms with Crippen molar-refractivity contribution in [1.82, 2.24) is 0 Å². The Bertz CT molecular complexity index is 466. The van der Waals surface area contributed by atoms with E-state index < -0.39 is 5.82 Å². The Labute approximate surface area is 98.9 Å². The minimum atomic E-state index is -0.568. The maximum absolute atomic E-state index is 13.2. The fraction of sp³-hybridized carbons (Fsp3) is 0.0769. The summed E-state index contributed by atoms with van der Waals surface area (Å²) >= 11 is 0. The minimum absolute atomic E-state index is 0.0252. The van der Waals surface area contributed by atoms with Crippen LogP contribution in [0, 0.1) is 5.82 Å². The van der Waals surface area contributed by atoms with Gasteiger partial charge in [0.05, 0.1) is 5.56 Å². The molecule has 0 atom stereocenters. The molecular weight excluding hydrogens is 221 g/mol. The van der Waals surface area contributed by atoms with Gasteiger partial charge in [-0.25, -0.2) is 9.38 Å². The molecule has 0 aliphatic carbocycles. The molecular formula is C13H12FNO2. The molecule has 0 bridgehead atoms. The number of aldehydes is 1. The maximum atomic E-state index is 13.2. The lowest BCUT2D eigenvalue weighted by Crippen LogP contribution is -1.94. The van der Waals surface area contributed by atoms with Crippen molar-refractivity contribution in [3.63, 3.8) is 0 Å². The number of rotatable bonds is 6. The summed E-state index contributed by atoms with van der Waals surface area (Å²) in [5.41, 5.74) is 0.625. The van der Waals surface area contributed by atoms with Crippen LogP contribution < -0.4 is 0 Å². The summed E-state index contributed by atoms with van der Waals surface area (Å²) < 4.78 is 18.4. The van der Waals surface area contributed by atoms with Crippen LogP contribution in [0.2, 0.25) is 0 Å². The molecule has 0 radical (unpaired) electrons. The van der Waals surface area contributed by atoms with E-state index in [2.05, 4.69) is 18.2 Å². The quantitative estimate of drug-likeness (QED) is 0.430. The Hall–Kier alpha value is -2.23. The van der Waals surface area contributed by atoms with Crippen LogP contribution in [0.1, 0.15) is 15.9 Å². The van der Waals surface area contributed by atoms with Gasteiger partial charge in [-0.1, -0.05) is 18.7 Å². The van der Waals surface area contributed by atoms with E-state index in [4.69, 9.17) is 4.74 Å². The molecule has 0 saturated heterocycles. The van der Waals surface area contributed by atoms with E-state index in [1.165, 1.54) is 24.4 Å². The molecule has 0 aliphatic heterocycles. The molecule has 0 aromatic heterocycles. The first-order valence-corrected chi connectivity index (χ1v) is 4.87. The van der Waals surface area contributed by atoms with Crippen molar-refractivity contribution in [1.29, 1.82) is 0 Å². The number of carbonyl (C=O) groups excluding carboxylic acids is 1. The largest absolute Gasteiger partial charge is 0.473 e. The van der Waals surface area contributed by atoms with Gasteiger partial charge in [-0.15, -0.1) is 0 Å². The number of benzene rings is 1. The Morgan fingerprint density at radius 2 is 2.29 bits per heavy atom. The van der Waals surface area contributed by atoms with Gasteiger partial charge in [0.15, 0.2) is 6.29 Å². The molecule has 1 rings (SSSR count). The predicted octanol–water partition coefficient (Wildman–Crippen LogP) is 2.88. The van der Waals surface area contributed by atoms with Crippen LogP contribution in [0.3, 0.4) is 0 Å². The molecule has 0 fully saturated rings. The van der Waals surface area contributed by atoms with Gasteiger partial charge in [0, 0.05) is 6.21 Å². The number of carbonyl (C=O) groups is 1. The highest BCUT2D eigenvalue weighted by molar-refractivity contribution is 5.75. The number of hydrogen-bond acceptors (Lipinski definition) is 3. The van der Waals surface area contributed by atoms with E-state index in [0.29, 0.717) is 11.8 Å². The van der Waals surface area contributed by atoms with Crippen LogP contribution in [0.25, 0.3) is 0 Å². The van der Waals surface area contributed by atoms with Crippen LogP contribution in [0.15, 0.2) is 48.3 Å². The van der Waals surface area contributed by atoms with Crippen molar-refractivity contribution in [2.45, 2.75) is 6.61 Å². The monoisotopic (exact) mass is 233 g/mol. The van der Waals surface area contributed by atoms with Crippen LogP contribution >= 0.6 is 0 Å². The van der Waals surface area contributed by atoms with Crippen LogP contribution in [0.5, 0.6) is 0 Å². The third-order valence-corrected chi connectivity index (χ3v) is 1.92. The first-order chi connectivity index (χ1) is 8.17. The van der Waals surface area contributed by atoms with Crippen molar-refractivity contribution >= 4 is 12.5 Å². The van der Waals surface area contributed by atoms with Gasteiger partial charge >= 0.3 is 0 Å². The van der Waals surface area contributed by atoms with Crippen molar-refractivity contribution in [2.24, 2.45) is 4.99 Å². The van der Waals surface area contributed by atoms with Gasteiger partial charge in [-0.2, -0.15) is 0 Å². The highest BCUT2D eigenvalue weighted by atomic mass is 19.1. The summed E-state index contributed by atoms with van der Waals surface area (Å²) in [6, 6.07) is 4.25. The molecule has 0 amide bonds. The lowest BCUT2D eigenvalue weighted by molar-refractivity contribution is 0.111. The zero-order valence-corrected chi connectivity index (χ0v) is 9.23. The summed E-state index contributed by atoms with van der Waals surface area (Å²) in [5.74, 6) is -0.355. The lowest BCUT2D eigenvalue weighted by atomic mass is 10.1. The number of halogens is 1. The van der Waals surface area contributed by atoms with Gasteiger partial charge in [0.25, 0.3) is 0 Å². The van der Waals surface area contributed by atoms with Crippen molar-refractivity contribution in [2.75, 3.05) is 0 Å². The molecule has 0 spiro atoms. The number of aliphatic imine (C=N–C) groups is 1. The average Bonchev–Trinajstić information content (AvgIpc) is 2.34. The minimum Gasteiger partial charge on any atom is -0.473 e. The lowest BCUT2D eigenvalue weighted by Gasteiger charge is -2.05. The van der Waals surface area contributed by atoms with Gasteiger partial charge < -0.3 is 4.74 Å². The molecule has 1 aromatic rings. The molecule has 88 valence electrons. The molecule has 0 saturated carbocycles. The Morgan fingerprint density at radius 1 is 1.53 bits per heavy atom. The zero-order valence-electron chi connectivity index (χ0n) is 9.23. The Kier molecular flexibility index (Phi) is 4.81. The third kappa shape index (κ3) is 4.03. The predicted molar refractivity (Wildman–Crippen MR) is 64.4 cm³/mol. The van der Waals surface area contributed by atoms with E-state index in [1.54, 1.807) is 6.07 Å². The fourth-order valence-electron chi connectivity index (χ4n) is 1.10. The summed E-state index contributed by atoms with van der Waals surface area (Å²) in [5, 5.41) is 0. The molecule has 4 heteroatoms. The first-order valence-electron chi connectivity index (χ1n) is 4.87. The zero-order chi connectivity index (χ0) is 12.7. The standard InChI is InChI=1S/C13H12FNO2/c1-3-6-15-10(2)17-9-11-4-5-12(8-16)13(14)7-11/h3-8H,1-2,9H2/b15-6-. The summed E-state index contributed by atoms with van der Waals surface area (Å²) in [6.45, 7) is 7.14. The number of hydrogen-bond donors (Lipinski definition) is 0. The molecule has 0 aliphatic rings. The second kappa shape index (κ2) is 6.37. The van der Waals surface area contributed by atoms with E-state index in [9.17, 15) is 9.18 Å². The molecule has 17 heavy (non-hydrogen) atoms. The second-order valence-corrected chi connectivity index (χ2v) is 3.17. The Morgan fingerprint density at radius 3 is 2.88 bits per heavy atom. The Balaban J connectivity index is 2.61. The fourth-order valence-corrected chi connectivity index (χ4v) is 1.10. The SMILES string of the molecule is C=C/C=N\C(=C)OCc1ccc(C=O)c(F)c1. The topological polar surface area (TPSA) is 38.7 Å². The number of nitrogens with zero attached hydrogens (tertiary/aromatic N) is 1. The van der Waals surface area contributed by atoms with Gasteiger partial charge in [0.1, 0.15) is 12.4 Å². The van der Waals surface area contributed by atoms with Crippen LogP contribution in [-0.2, 0) is 11.3 Å². The highest BCUT2D eigenvalue weighted by Gasteiger charge is 2.02. The number of allylic oxidation sites excluding steroid dienone is 1. The summed E-state index contributed by atoms with van der Waals surface area (Å²) in [6.07, 6.45) is 3.40.